The molecule has 3 rings (SSSR count). The van der Waals surface area contributed by atoms with Gasteiger partial charge in [0.15, 0.2) is 0 Å². The van der Waals surface area contributed by atoms with E-state index in [0.717, 1.165) is 5.56 Å². The van der Waals surface area contributed by atoms with E-state index in [1.807, 2.05) is 58.0 Å². The third-order valence-corrected chi connectivity index (χ3v) is 6.04. The van der Waals surface area contributed by atoms with Crippen LogP contribution >= 0.6 is 0 Å². The Kier molecular flexibility index (Phi) is 7.48. The maximum Gasteiger partial charge on any atom is 0.243 e. The lowest BCUT2D eigenvalue weighted by molar-refractivity contribution is -0.148. The van der Waals surface area contributed by atoms with Crippen LogP contribution in [0.2, 0.25) is 0 Å². The number of nitrogens with one attached hydrogen (secondary N) is 2. The highest BCUT2D eigenvalue weighted by Gasteiger charge is 2.51. The maximum atomic E-state index is 13.1. The molecule has 172 valence electrons. The number of likely N-dealkylation sites (tertiary alicyclic amines) is 1. The minimum absolute atomic E-state index is 0.0785. The Balaban J connectivity index is 1.70. The van der Waals surface area contributed by atoms with E-state index in [1.54, 1.807) is 6.07 Å². The van der Waals surface area contributed by atoms with Crippen molar-refractivity contribution in [3.05, 3.63) is 42.0 Å². The first-order chi connectivity index (χ1) is 15.2. The molecule has 1 fully saturated rings. The lowest BCUT2D eigenvalue weighted by Gasteiger charge is -2.27. The van der Waals surface area contributed by atoms with Crippen molar-refractivity contribution in [1.29, 1.82) is 0 Å². The molecule has 0 spiro atoms. The number of carbonyl (C=O) groups excluding carboxylic acids is 4. The number of allylic oxidation sites excluding steroid dienone is 2. The van der Waals surface area contributed by atoms with E-state index >= 15 is 0 Å². The molecule has 0 bridgehead atoms. The molecule has 0 aromatic heterocycles. The number of anilines is 1. The van der Waals surface area contributed by atoms with E-state index in [0.29, 0.717) is 24.9 Å². The molecule has 4 amide bonds. The average molecular weight is 440 g/mol. The Morgan fingerprint density at radius 3 is 2.19 bits per heavy atom. The van der Waals surface area contributed by atoms with Gasteiger partial charge in [0.05, 0.1) is 11.8 Å². The summed E-state index contributed by atoms with van der Waals surface area (Å²) >= 11 is 0. The molecular formula is C25H33N3O4. The van der Waals surface area contributed by atoms with Crippen LogP contribution in [0.4, 0.5) is 5.69 Å². The van der Waals surface area contributed by atoms with Crippen LogP contribution in [-0.2, 0) is 25.7 Å². The van der Waals surface area contributed by atoms with Gasteiger partial charge in [-0.3, -0.25) is 24.1 Å². The first kappa shape index (κ1) is 23.7. The second-order valence-corrected chi connectivity index (χ2v) is 9.41. The van der Waals surface area contributed by atoms with E-state index in [4.69, 9.17) is 0 Å². The summed E-state index contributed by atoms with van der Waals surface area (Å²) < 4.78 is 0. The Morgan fingerprint density at radius 1 is 1.00 bits per heavy atom. The van der Waals surface area contributed by atoms with Gasteiger partial charge in [-0.15, -0.1) is 0 Å². The molecule has 1 aliphatic heterocycles. The number of hydrogen-bond acceptors (Lipinski definition) is 4. The number of amides is 4. The molecule has 1 aliphatic carbocycles. The second kappa shape index (κ2) is 10.1. The molecule has 2 N–H and O–H groups in total. The summed E-state index contributed by atoms with van der Waals surface area (Å²) in [5.41, 5.74) is 1.48. The smallest absolute Gasteiger partial charge is 0.243 e. The summed E-state index contributed by atoms with van der Waals surface area (Å²) in [6.45, 7) is 7.83. The monoisotopic (exact) mass is 439 g/mol. The van der Waals surface area contributed by atoms with Crippen LogP contribution in [0.5, 0.6) is 0 Å². The van der Waals surface area contributed by atoms with Crippen molar-refractivity contribution >= 4 is 29.3 Å². The van der Waals surface area contributed by atoms with E-state index in [9.17, 15) is 19.2 Å². The molecule has 1 aromatic rings. The summed E-state index contributed by atoms with van der Waals surface area (Å²) in [6, 6.07) is 6.46. The number of carbonyl (C=O) groups is 4. The molecule has 1 aromatic carbocycles. The van der Waals surface area contributed by atoms with Gasteiger partial charge in [0, 0.05) is 18.2 Å². The topological polar surface area (TPSA) is 95.6 Å². The van der Waals surface area contributed by atoms with Gasteiger partial charge in [0.1, 0.15) is 6.04 Å². The number of fused-ring (bicyclic) bond motifs is 1. The summed E-state index contributed by atoms with van der Waals surface area (Å²) in [6.07, 6.45) is 5.41. The van der Waals surface area contributed by atoms with Crippen LogP contribution in [0, 0.1) is 23.7 Å². The zero-order valence-corrected chi connectivity index (χ0v) is 19.3. The quantitative estimate of drug-likeness (QED) is 0.480. The summed E-state index contributed by atoms with van der Waals surface area (Å²) in [4.78, 5) is 52.3. The van der Waals surface area contributed by atoms with Gasteiger partial charge < -0.3 is 10.6 Å². The van der Waals surface area contributed by atoms with Crippen molar-refractivity contribution in [1.82, 2.24) is 10.2 Å². The molecular weight excluding hydrogens is 406 g/mol. The average Bonchev–Trinajstić information content (AvgIpc) is 3.01. The fourth-order valence-electron chi connectivity index (χ4n) is 4.26. The first-order valence-electron chi connectivity index (χ1n) is 11.4. The molecule has 2 aliphatic rings. The van der Waals surface area contributed by atoms with Crippen LogP contribution in [0.3, 0.4) is 0 Å². The van der Waals surface area contributed by atoms with Crippen LogP contribution in [0.25, 0.3) is 0 Å². The fraction of sp³-hybridized carbons (Fsp3) is 0.520. The predicted octanol–water partition coefficient (Wildman–Crippen LogP) is 3.26. The SMILES string of the molecule is CC(C)C[C@H](C(=O)NCc1cccc(NC(=O)C(C)C)c1)N1C(=O)[C@H]2CC=CC[C@H]2C1=O. The summed E-state index contributed by atoms with van der Waals surface area (Å²) in [5, 5.41) is 5.74. The van der Waals surface area contributed by atoms with Crippen LogP contribution < -0.4 is 10.6 Å². The van der Waals surface area contributed by atoms with E-state index in [2.05, 4.69) is 10.6 Å². The van der Waals surface area contributed by atoms with Crippen LogP contribution in [0.15, 0.2) is 36.4 Å². The number of nitrogens with zero attached hydrogens (tertiary/aromatic N) is 1. The first-order valence-corrected chi connectivity index (χ1v) is 11.4. The zero-order valence-electron chi connectivity index (χ0n) is 19.3. The molecule has 0 radical (unpaired) electrons. The normalized spacial score (nSPS) is 21.1. The van der Waals surface area contributed by atoms with Crippen LogP contribution in [-0.4, -0.2) is 34.6 Å². The minimum Gasteiger partial charge on any atom is -0.350 e. The molecule has 0 unspecified atom stereocenters. The van der Waals surface area contributed by atoms with Crippen molar-refractivity contribution in [3.8, 4) is 0 Å². The van der Waals surface area contributed by atoms with E-state index in [-0.39, 0.29) is 53.8 Å². The number of rotatable bonds is 8. The molecule has 0 saturated carbocycles. The Morgan fingerprint density at radius 2 is 1.62 bits per heavy atom. The third kappa shape index (κ3) is 5.26. The standard InChI is InChI=1S/C25H33N3O4/c1-15(2)12-21(28-24(31)19-10-5-6-11-20(19)25(28)32)23(30)26-14-17-8-7-9-18(13-17)27-22(29)16(3)4/h5-9,13,15-16,19-21H,10-12,14H2,1-4H3,(H,26,30)(H,27,29)/t19-,20+,21-/m1/s1. The van der Waals surface area contributed by atoms with Gasteiger partial charge in [0.25, 0.3) is 0 Å². The van der Waals surface area contributed by atoms with E-state index in [1.165, 1.54) is 4.90 Å². The van der Waals surface area contributed by atoms with Gasteiger partial charge in [-0.2, -0.15) is 0 Å². The molecule has 7 heteroatoms. The van der Waals surface area contributed by atoms with Crippen molar-refractivity contribution in [2.75, 3.05) is 5.32 Å². The zero-order chi connectivity index (χ0) is 23.4. The largest absolute Gasteiger partial charge is 0.350 e. The predicted molar refractivity (Wildman–Crippen MR) is 122 cm³/mol. The number of hydrogen-bond donors (Lipinski definition) is 2. The van der Waals surface area contributed by atoms with Gasteiger partial charge >= 0.3 is 0 Å². The van der Waals surface area contributed by atoms with E-state index < -0.39 is 6.04 Å². The molecule has 1 heterocycles. The van der Waals surface area contributed by atoms with Crippen molar-refractivity contribution < 1.29 is 19.2 Å². The molecule has 32 heavy (non-hydrogen) atoms. The molecule has 3 atom stereocenters. The van der Waals surface area contributed by atoms with Crippen molar-refractivity contribution in [3.63, 3.8) is 0 Å². The van der Waals surface area contributed by atoms with Gasteiger partial charge in [-0.25, -0.2) is 0 Å². The van der Waals surface area contributed by atoms with Gasteiger partial charge in [-0.1, -0.05) is 52.0 Å². The highest BCUT2D eigenvalue weighted by atomic mass is 16.2. The number of imide groups is 1. The number of benzene rings is 1. The molecule has 1 saturated heterocycles. The third-order valence-electron chi connectivity index (χ3n) is 6.04. The second-order valence-electron chi connectivity index (χ2n) is 9.41. The van der Waals surface area contributed by atoms with Gasteiger partial charge in [-0.05, 0) is 42.9 Å². The highest BCUT2D eigenvalue weighted by molar-refractivity contribution is 6.08. The fourth-order valence-corrected chi connectivity index (χ4v) is 4.26. The minimum atomic E-state index is -0.815. The summed E-state index contributed by atoms with van der Waals surface area (Å²) in [5.74, 6) is -1.57. The van der Waals surface area contributed by atoms with Crippen molar-refractivity contribution in [2.24, 2.45) is 23.7 Å². The Bertz CT molecular complexity index is 896. The Hall–Kier alpha value is -2.96. The lowest BCUT2D eigenvalue weighted by Crippen LogP contribution is -2.50. The molecule has 7 nitrogen and oxygen atoms in total. The van der Waals surface area contributed by atoms with Crippen molar-refractivity contribution in [2.45, 2.75) is 59.5 Å². The Labute approximate surface area is 189 Å². The van der Waals surface area contributed by atoms with Gasteiger partial charge in [0.2, 0.25) is 23.6 Å². The maximum absolute atomic E-state index is 13.1. The summed E-state index contributed by atoms with van der Waals surface area (Å²) in [7, 11) is 0. The highest BCUT2D eigenvalue weighted by Crippen LogP contribution is 2.37. The van der Waals surface area contributed by atoms with Crippen LogP contribution in [0.1, 0.15) is 52.5 Å². The lowest BCUT2D eigenvalue weighted by atomic mass is 9.85.